The van der Waals surface area contributed by atoms with Gasteiger partial charge in [0.05, 0.1) is 5.69 Å². The third-order valence-corrected chi connectivity index (χ3v) is 4.15. The van der Waals surface area contributed by atoms with Crippen LogP contribution in [0.3, 0.4) is 0 Å². The van der Waals surface area contributed by atoms with E-state index in [2.05, 4.69) is 6.92 Å². The molecule has 2 N–H and O–H groups in total. The number of amides is 1. The van der Waals surface area contributed by atoms with Crippen LogP contribution >= 0.6 is 0 Å². The Morgan fingerprint density at radius 1 is 1.32 bits per heavy atom. The van der Waals surface area contributed by atoms with Gasteiger partial charge >= 0.3 is 0 Å². The number of fused-ring (bicyclic) bond motifs is 1. The number of anilines is 1. The van der Waals surface area contributed by atoms with Gasteiger partial charge in [0.1, 0.15) is 5.75 Å². The summed E-state index contributed by atoms with van der Waals surface area (Å²) in [5, 5.41) is 0. The molecule has 1 aromatic carbocycles. The molecule has 4 nitrogen and oxygen atoms in total. The van der Waals surface area contributed by atoms with Crippen LogP contribution in [0, 0.1) is 0 Å². The molecule has 122 valence electrons. The standard InChI is InChI=1S/C18H28N2O2/c1-6-7-8-14(19)13-9-10-16-15(11-13)20(12(2)3)17(21)18(4,5)22-16/h9-12,14H,6-8,19H2,1-5H3. The van der Waals surface area contributed by atoms with E-state index < -0.39 is 5.60 Å². The molecule has 0 aromatic heterocycles. The van der Waals surface area contributed by atoms with Gasteiger partial charge in [-0.1, -0.05) is 25.8 Å². The van der Waals surface area contributed by atoms with Crippen LogP contribution in [-0.2, 0) is 4.79 Å². The zero-order valence-corrected chi connectivity index (χ0v) is 14.3. The third-order valence-electron chi connectivity index (χ3n) is 4.15. The molecule has 0 radical (unpaired) electrons. The number of rotatable bonds is 5. The van der Waals surface area contributed by atoms with Gasteiger partial charge in [0, 0.05) is 12.1 Å². The molecule has 22 heavy (non-hydrogen) atoms. The van der Waals surface area contributed by atoms with Crippen molar-refractivity contribution in [1.29, 1.82) is 0 Å². The monoisotopic (exact) mass is 304 g/mol. The molecule has 1 heterocycles. The molecule has 1 unspecified atom stereocenters. The molecule has 2 rings (SSSR count). The lowest BCUT2D eigenvalue weighted by Crippen LogP contribution is -2.54. The predicted octanol–water partition coefficient (Wildman–Crippen LogP) is 3.79. The van der Waals surface area contributed by atoms with Gasteiger partial charge in [-0.15, -0.1) is 0 Å². The Balaban J connectivity index is 2.40. The van der Waals surface area contributed by atoms with Gasteiger partial charge in [0.2, 0.25) is 0 Å². The van der Waals surface area contributed by atoms with E-state index in [4.69, 9.17) is 10.5 Å². The lowest BCUT2D eigenvalue weighted by atomic mass is 9.97. The highest BCUT2D eigenvalue weighted by Crippen LogP contribution is 2.40. The number of hydrogen-bond donors (Lipinski definition) is 1. The first-order valence-electron chi connectivity index (χ1n) is 8.20. The number of hydrogen-bond acceptors (Lipinski definition) is 3. The average molecular weight is 304 g/mol. The largest absolute Gasteiger partial charge is 0.476 e. The topological polar surface area (TPSA) is 55.6 Å². The normalized spacial score (nSPS) is 18.1. The minimum atomic E-state index is -0.830. The number of benzene rings is 1. The molecule has 0 bridgehead atoms. The molecule has 1 amide bonds. The van der Waals surface area contributed by atoms with Crippen molar-refractivity contribution in [3.63, 3.8) is 0 Å². The van der Waals surface area contributed by atoms with Gasteiger partial charge in [-0.2, -0.15) is 0 Å². The highest BCUT2D eigenvalue weighted by molar-refractivity contribution is 6.02. The Morgan fingerprint density at radius 2 is 2.00 bits per heavy atom. The van der Waals surface area contributed by atoms with Crippen molar-refractivity contribution in [2.24, 2.45) is 5.73 Å². The number of carbonyl (C=O) groups is 1. The van der Waals surface area contributed by atoms with Crippen LogP contribution in [0.5, 0.6) is 5.75 Å². The Labute approximate surface area is 133 Å². The highest BCUT2D eigenvalue weighted by Gasteiger charge is 2.42. The smallest absolute Gasteiger partial charge is 0.270 e. The SMILES string of the molecule is CCCCC(N)c1ccc2c(c1)N(C(C)C)C(=O)C(C)(C)O2. The summed E-state index contributed by atoms with van der Waals surface area (Å²) >= 11 is 0. The Kier molecular flexibility index (Phi) is 4.81. The van der Waals surface area contributed by atoms with Gasteiger partial charge < -0.3 is 15.4 Å². The molecule has 1 atom stereocenters. The first-order chi connectivity index (χ1) is 10.3. The summed E-state index contributed by atoms with van der Waals surface area (Å²) in [7, 11) is 0. The number of carbonyl (C=O) groups excluding carboxylic acids is 1. The molecule has 0 aliphatic carbocycles. The molecule has 4 heteroatoms. The minimum absolute atomic E-state index is 0.00398. The first-order valence-corrected chi connectivity index (χ1v) is 8.20. The van der Waals surface area contributed by atoms with E-state index in [9.17, 15) is 4.79 Å². The van der Waals surface area contributed by atoms with Crippen LogP contribution < -0.4 is 15.4 Å². The maximum atomic E-state index is 12.7. The summed E-state index contributed by atoms with van der Waals surface area (Å²) in [4.78, 5) is 14.5. The molecular weight excluding hydrogens is 276 g/mol. The fourth-order valence-corrected chi connectivity index (χ4v) is 2.86. The van der Waals surface area contributed by atoms with Crippen LogP contribution in [-0.4, -0.2) is 17.6 Å². The molecule has 0 spiro atoms. The van der Waals surface area contributed by atoms with Crippen LogP contribution in [0.15, 0.2) is 18.2 Å². The van der Waals surface area contributed by atoms with Crippen LogP contribution in [0.2, 0.25) is 0 Å². The van der Waals surface area contributed by atoms with E-state index in [1.54, 1.807) is 0 Å². The second-order valence-corrected chi connectivity index (χ2v) is 6.86. The van der Waals surface area contributed by atoms with Crippen LogP contribution in [0.4, 0.5) is 5.69 Å². The quantitative estimate of drug-likeness (QED) is 0.900. The van der Waals surface area contributed by atoms with Gasteiger partial charge in [-0.05, 0) is 51.8 Å². The molecular formula is C18H28N2O2. The molecule has 0 fully saturated rings. The molecule has 1 aromatic rings. The first kappa shape index (κ1) is 16.8. The average Bonchev–Trinajstić information content (AvgIpc) is 2.44. The van der Waals surface area contributed by atoms with Crippen LogP contribution in [0.25, 0.3) is 0 Å². The second kappa shape index (κ2) is 6.29. The summed E-state index contributed by atoms with van der Waals surface area (Å²) in [6.45, 7) is 9.83. The zero-order valence-electron chi connectivity index (χ0n) is 14.3. The van der Waals surface area contributed by atoms with Gasteiger partial charge in [-0.3, -0.25) is 4.79 Å². The molecule has 0 saturated heterocycles. The highest BCUT2D eigenvalue weighted by atomic mass is 16.5. The van der Waals surface area contributed by atoms with Crippen molar-refractivity contribution < 1.29 is 9.53 Å². The second-order valence-electron chi connectivity index (χ2n) is 6.86. The van der Waals surface area contributed by atoms with Crippen LogP contribution in [0.1, 0.15) is 65.5 Å². The maximum Gasteiger partial charge on any atom is 0.270 e. The lowest BCUT2D eigenvalue weighted by Gasteiger charge is -2.41. The number of nitrogens with zero attached hydrogens (tertiary/aromatic N) is 1. The number of nitrogens with two attached hydrogens (primary N) is 1. The minimum Gasteiger partial charge on any atom is -0.476 e. The lowest BCUT2D eigenvalue weighted by molar-refractivity contribution is -0.133. The van der Waals surface area contributed by atoms with Crippen molar-refractivity contribution in [2.75, 3.05) is 4.90 Å². The summed E-state index contributed by atoms with van der Waals surface area (Å²) in [5.74, 6) is 0.749. The number of unbranched alkanes of at least 4 members (excludes halogenated alkanes) is 1. The summed E-state index contributed by atoms with van der Waals surface area (Å²) in [6.07, 6.45) is 3.19. The Bertz CT molecular complexity index is 552. The van der Waals surface area contributed by atoms with E-state index in [0.717, 1.165) is 36.3 Å². The summed E-state index contributed by atoms with van der Waals surface area (Å²) in [5.41, 5.74) is 7.35. The van der Waals surface area contributed by atoms with Crippen molar-refractivity contribution in [3.05, 3.63) is 23.8 Å². The zero-order chi connectivity index (χ0) is 16.5. The Hall–Kier alpha value is -1.55. The van der Waals surface area contributed by atoms with Crippen molar-refractivity contribution in [2.45, 2.75) is 71.6 Å². The fourth-order valence-electron chi connectivity index (χ4n) is 2.86. The summed E-state index contributed by atoms with van der Waals surface area (Å²) < 4.78 is 5.90. The fraction of sp³-hybridized carbons (Fsp3) is 0.611. The number of ether oxygens (including phenoxy) is 1. The van der Waals surface area contributed by atoms with Gasteiger partial charge in [-0.25, -0.2) is 0 Å². The van der Waals surface area contributed by atoms with E-state index in [-0.39, 0.29) is 18.0 Å². The van der Waals surface area contributed by atoms with E-state index in [0.29, 0.717) is 0 Å². The Morgan fingerprint density at radius 3 is 2.59 bits per heavy atom. The van der Waals surface area contributed by atoms with E-state index in [1.807, 2.05) is 50.8 Å². The molecule has 1 aliphatic rings. The predicted molar refractivity (Wildman–Crippen MR) is 90.2 cm³/mol. The van der Waals surface area contributed by atoms with E-state index in [1.165, 1.54) is 0 Å². The molecule has 0 saturated carbocycles. The van der Waals surface area contributed by atoms with E-state index >= 15 is 0 Å². The third kappa shape index (κ3) is 3.12. The molecule has 1 aliphatic heterocycles. The van der Waals surface area contributed by atoms with Gasteiger partial charge in [0.25, 0.3) is 5.91 Å². The van der Waals surface area contributed by atoms with Gasteiger partial charge in [0.15, 0.2) is 5.60 Å². The summed E-state index contributed by atoms with van der Waals surface area (Å²) in [6, 6.07) is 6.06. The van der Waals surface area contributed by atoms with Crippen molar-refractivity contribution in [1.82, 2.24) is 0 Å². The maximum absolute atomic E-state index is 12.7. The van der Waals surface area contributed by atoms with Crippen molar-refractivity contribution >= 4 is 11.6 Å². The van der Waals surface area contributed by atoms with Crippen molar-refractivity contribution in [3.8, 4) is 5.75 Å².